The van der Waals surface area contributed by atoms with Crippen molar-refractivity contribution in [1.29, 1.82) is 0 Å². The van der Waals surface area contributed by atoms with Crippen molar-refractivity contribution in [2.45, 2.75) is 52.1 Å². The summed E-state index contributed by atoms with van der Waals surface area (Å²) in [5.74, 6) is -1.24. The molecule has 7 heteroatoms. The van der Waals surface area contributed by atoms with Crippen molar-refractivity contribution in [3.05, 3.63) is 0 Å². The van der Waals surface area contributed by atoms with Crippen LogP contribution in [0.3, 0.4) is 0 Å². The number of hydrogen-bond donors (Lipinski definition) is 2. The molecular formula is C14H26N2O5. The maximum absolute atomic E-state index is 12.0. The number of hydrogen-bond acceptors (Lipinski definition) is 4. The van der Waals surface area contributed by atoms with Crippen LogP contribution < -0.4 is 5.32 Å². The Hall–Kier alpha value is -1.79. The van der Waals surface area contributed by atoms with Gasteiger partial charge < -0.3 is 20.1 Å². The van der Waals surface area contributed by atoms with Crippen molar-refractivity contribution >= 4 is 18.0 Å². The third kappa shape index (κ3) is 7.53. The molecule has 0 aliphatic heterocycles. The molecule has 0 radical (unpaired) electrons. The fourth-order valence-corrected chi connectivity index (χ4v) is 1.91. The Balaban J connectivity index is 4.52. The van der Waals surface area contributed by atoms with Gasteiger partial charge in [-0.1, -0.05) is 13.8 Å². The topological polar surface area (TPSA) is 95.9 Å². The predicted octanol–water partition coefficient (Wildman–Crippen LogP) is 1.47. The van der Waals surface area contributed by atoms with Crippen molar-refractivity contribution in [3.8, 4) is 0 Å². The van der Waals surface area contributed by atoms with Crippen LogP contribution in [0.5, 0.6) is 0 Å². The molecule has 2 amide bonds. The highest BCUT2D eigenvalue weighted by atomic mass is 16.5. The zero-order chi connectivity index (χ0) is 16.6. The summed E-state index contributed by atoms with van der Waals surface area (Å²) in [4.78, 5) is 35.7. The van der Waals surface area contributed by atoms with Crippen LogP contribution in [0, 0.1) is 5.92 Å². The van der Waals surface area contributed by atoms with E-state index in [0.29, 0.717) is 5.92 Å². The van der Waals surface area contributed by atoms with Gasteiger partial charge in [-0.2, -0.15) is 0 Å². The van der Waals surface area contributed by atoms with Gasteiger partial charge in [0, 0.05) is 19.5 Å². The Labute approximate surface area is 125 Å². The number of nitrogens with one attached hydrogen (secondary N) is 1. The lowest BCUT2D eigenvalue weighted by atomic mass is 10.0. The van der Waals surface area contributed by atoms with E-state index in [9.17, 15) is 14.4 Å². The van der Waals surface area contributed by atoms with Crippen molar-refractivity contribution in [3.63, 3.8) is 0 Å². The highest BCUT2D eigenvalue weighted by molar-refractivity contribution is 5.83. The summed E-state index contributed by atoms with van der Waals surface area (Å²) in [5.41, 5.74) is 0. The zero-order valence-electron chi connectivity index (χ0n) is 13.4. The number of carbonyl (C=O) groups excluding carboxylic acids is 2. The Bertz CT molecular complexity index is 370. The molecule has 0 aliphatic rings. The van der Waals surface area contributed by atoms with Crippen LogP contribution in [0.2, 0.25) is 0 Å². The highest BCUT2D eigenvalue weighted by Crippen LogP contribution is 2.10. The molecule has 0 aromatic heterocycles. The van der Waals surface area contributed by atoms with Crippen LogP contribution in [0.15, 0.2) is 0 Å². The molecule has 2 N–H and O–H groups in total. The summed E-state index contributed by atoms with van der Waals surface area (Å²) >= 11 is 0. The third-order valence-corrected chi connectivity index (χ3v) is 3.25. The van der Waals surface area contributed by atoms with Gasteiger partial charge in [0.05, 0.1) is 7.11 Å². The van der Waals surface area contributed by atoms with Gasteiger partial charge in [0.25, 0.3) is 0 Å². The first-order valence-corrected chi connectivity index (χ1v) is 7.02. The standard InChI is InChI=1S/C14H26N2O5/c1-9(2)8-10(3)16(4)14(20)15-11(13(18)19)6-7-12(17)21-5/h9-11H,6-8H2,1-5H3,(H,15,20)(H,18,19)/t10?,11-/m1/s1. The number of amides is 2. The van der Waals surface area contributed by atoms with Crippen LogP contribution in [-0.2, 0) is 14.3 Å². The molecule has 0 fully saturated rings. The SMILES string of the molecule is COC(=O)CC[C@@H](NC(=O)N(C)C(C)CC(C)C)C(=O)O. The van der Waals surface area contributed by atoms with Gasteiger partial charge in [-0.15, -0.1) is 0 Å². The number of methoxy groups -OCH3 is 1. The van der Waals surface area contributed by atoms with Gasteiger partial charge in [0.2, 0.25) is 0 Å². The van der Waals surface area contributed by atoms with Gasteiger partial charge in [0.1, 0.15) is 6.04 Å². The number of carboxylic acids is 1. The summed E-state index contributed by atoms with van der Waals surface area (Å²) in [6.07, 6.45) is 0.767. The van der Waals surface area contributed by atoms with E-state index in [1.807, 2.05) is 6.92 Å². The minimum absolute atomic E-state index is 0.0000481. The van der Waals surface area contributed by atoms with Gasteiger partial charge in [-0.25, -0.2) is 9.59 Å². The fraction of sp³-hybridized carbons (Fsp3) is 0.786. The Kier molecular flexibility index (Phi) is 8.42. The van der Waals surface area contributed by atoms with E-state index in [-0.39, 0.29) is 18.9 Å². The van der Waals surface area contributed by atoms with E-state index in [1.54, 1.807) is 7.05 Å². The number of ether oxygens (including phenoxy) is 1. The molecule has 0 saturated heterocycles. The lowest BCUT2D eigenvalue weighted by Gasteiger charge is -2.28. The summed E-state index contributed by atoms with van der Waals surface area (Å²) in [7, 11) is 2.86. The molecule has 7 nitrogen and oxygen atoms in total. The van der Waals surface area contributed by atoms with Crippen LogP contribution in [0.1, 0.15) is 40.0 Å². The van der Waals surface area contributed by atoms with Crippen molar-refractivity contribution in [2.75, 3.05) is 14.2 Å². The van der Waals surface area contributed by atoms with Crippen LogP contribution in [0.4, 0.5) is 4.79 Å². The number of carboxylic acid groups (broad SMARTS) is 1. The predicted molar refractivity (Wildman–Crippen MR) is 77.9 cm³/mol. The molecule has 1 unspecified atom stereocenters. The van der Waals surface area contributed by atoms with Crippen LogP contribution >= 0.6 is 0 Å². The molecule has 2 atom stereocenters. The maximum Gasteiger partial charge on any atom is 0.326 e. The number of rotatable bonds is 8. The smallest absolute Gasteiger partial charge is 0.326 e. The number of urea groups is 1. The molecule has 0 aromatic carbocycles. The van der Waals surface area contributed by atoms with E-state index in [0.717, 1.165) is 6.42 Å². The van der Waals surface area contributed by atoms with E-state index in [4.69, 9.17) is 5.11 Å². The van der Waals surface area contributed by atoms with Crippen LogP contribution in [-0.4, -0.2) is 54.2 Å². The van der Waals surface area contributed by atoms with Crippen molar-refractivity contribution in [2.24, 2.45) is 5.92 Å². The van der Waals surface area contributed by atoms with E-state index >= 15 is 0 Å². The molecular weight excluding hydrogens is 276 g/mol. The fourth-order valence-electron chi connectivity index (χ4n) is 1.91. The first-order valence-electron chi connectivity index (χ1n) is 7.02. The molecule has 0 aliphatic carbocycles. The molecule has 0 aromatic rings. The lowest BCUT2D eigenvalue weighted by Crippen LogP contribution is -2.49. The average molecular weight is 302 g/mol. The monoisotopic (exact) mass is 302 g/mol. The highest BCUT2D eigenvalue weighted by Gasteiger charge is 2.24. The molecule has 0 spiro atoms. The number of aliphatic carboxylic acids is 1. The molecule has 0 rings (SSSR count). The molecule has 0 saturated carbocycles. The molecule has 0 bridgehead atoms. The summed E-state index contributed by atoms with van der Waals surface area (Å²) in [6, 6.07) is -1.56. The second-order valence-corrected chi connectivity index (χ2v) is 5.54. The van der Waals surface area contributed by atoms with E-state index in [1.165, 1.54) is 12.0 Å². The van der Waals surface area contributed by atoms with Gasteiger partial charge >= 0.3 is 18.0 Å². The van der Waals surface area contributed by atoms with Crippen molar-refractivity contribution in [1.82, 2.24) is 10.2 Å². The van der Waals surface area contributed by atoms with Gasteiger partial charge in [-0.3, -0.25) is 4.79 Å². The van der Waals surface area contributed by atoms with Crippen LogP contribution in [0.25, 0.3) is 0 Å². The first-order chi connectivity index (χ1) is 9.68. The molecule has 122 valence electrons. The maximum atomic E-state index is 12.0. The minimum Gasteiger partial charge on any atom is -0.480 e. The van der Waals surface area contributed by atoms with Crippen molar-refractivity contribution < 1.29 is 24.2 Å². The number of carbonyl (C=O) groups is 3. The van der Waals surface area contributed by atoms with Gasteiger partial charge in [-0.05, 0) is 25.7 Å². The number of esters is 1. The molecule has 21 heavy (non-hydrogen) atoms. The lowest BCUT2D eigenvalue weighted by molar-refractivity contribution is -0.142. The summed E-state index contributed by atoms with van der Waals surface area (Å²) in [6.45, 7) is 6.01. The van der Waals surface area contributed by atoms with E-state index in [2.05, 4.69) is 23.9 Å². The third-order valence-electron chi connectivity index (χ3n) is 3.25. The van der Waals surface area contributed by atoms with E-state index < -0.39 is 24.0 Å². The largest absolute Gasteiger partial charge is 0.480 e. The minimum atomic E-state index is -1.17. The number of nitrogens with zero attached hydrogens (tertiary/aromatic N) is 1. The second kappa shape index (κ2) is 9.20. The zero-order valence-corrected chi connectivity index (χ0v) is 13.4. The molecule has 0 heterocycles. The second-order valence-electron chi connectivity index (χ2n) is 5.54. The Morgan fingerprint density at radius 3 is 2.24 bits per heavy atom. The summed E-state index contributed by atoms with van der Waals surface area (Å²) in [5, 5.41) is 11.5. The quantitative estimate of drug-likeness (QED) is 0.662. The summed E-state index contributed by atoms with van der Waals surface area (Å²) < 4.78 is 4.46. The van der Waals surface area contributed by atoms with Gasteiger partial charge in [0.15, 0.2) is 0 Å². The Morgan fingerprint density at radius 2 is 1.81 bits per heavy atom. The Morgan fingerprint density at radius 1 is 1.24 bits per heavy atom. The first kappa shape index (κ1) is 19.2. The normalized spacial score (nSPS) is 13.4. The average Bonchev–Trinajstić information content (AvgIpc) is 2.40.